The van der Waals surface area contributed by atoms with Crippen molar-refractivity contribution in [1.29, 1.82) is 0 Å². The van der Waals surface area contributed by atoms with Crippen molar-refractivity contribution in [3.63, 3.8) is 0 Å². The van der Waals surface area contributed by atoms with E-state index in [1.165, 1.54) is 0 Å². The number of nitrogens with zero attached hydrogens (tertiary/aromatic N) is 1. The van der Waals surface area contributed by atoms with Crippen molar-refractivity contribution in [3.05, 3.63) is 0 Å². The number of likely N-dealkylation sites (N-methyl/N-ethyl adjacent to an activating group) is 1. The second kappa shape index (κ2) is 4.04. The number of hydrogen-bond donors (Lipinski definition) is 2. The van der Waals surface area contributed by atoms with Gasteiger partial charge in [-0.05, 0) is 20.0 Å². The van der Waals surface area contributed by atoms with E-state index in [0.717, 1.165) is 6.54 Å². The molecule has 0 aromatic heterocycles. The molecule has 0 aliphatic carbocycles. The van der Waals surface area contributed by atoms with Crippen LogP contribution in [0.25, 0.3) is 0 Å². The molecule has 0 spiro atoms. The van der Waals surface area contributed by atoms with Crippen LogP contribution in [0.15, 0.2) is 0 Å². The normalized spacial score (nSPS) is 29.8. The van der Waals surface area contributed by atoms with Crippen molar-refractivity contribution < 1.29 is 13.2 Å². The molecule has 1 fully saturated rings. The highest BCUT2D eigenvalue weighted by molar-refractivity contribution is 4.97. The summed E-state index contributed by atoms with van der Waals surface area (Å²) in [6.07, 6.45) is -3.49. The van der Waals surface area contributed by atoms with Gasteiger partial charge in [0.1, 0.15) is 0 Å². The lowest BCUT2D eigenvalue weighted by Gasteiger charge is -2.29. The van der Waals surface area contributed by atoms with Gasteiger partial charge in [0.05, 0.1) is 6.54 Å². The molecule has 0 aromatic carbocycles. The van der Waals surface area contributed by atoms with Crippen LogP contribution < -0.4 is 11.1 Å². The summed E-state index contributed by atoms with van der Waals surface area (Å²) >= 11 is 0. The Balaban J connectivity index is 2.47. The van der Waals surface area contributed by atoms with Crippen molar-refractivity contribution in [2.75, 3.05) is 33.2 Å². The van der Waals surface area contributed by atoms with E-state index in [4.69, 9.17) is 5.73 Å². The van der Waals surface area contributed by atoms with Crippen LogP contribution in [0, 0.1) is 0 Å². The summed E-state index contributed by atoms with van der Waals surface area (Å²) in [7, 11) is 1.88. The Morgan fingerprint density at radius 2 is 2.14 bits per heavy atom. The second-order valence-corrected chi connectivity index (χ2v) is 3.94. The van der Waals surface area contributed by atoms with E-state index >= 15 is 0 Å². The summed E-state index contributed by atoms with van der Waals surface area (Å²) in [4.78, 5) is 1.98. The lowest BCUT2D eigenvalue weighted by molar-refractivity contribution is -0.128. The van der Waals surface area contributed by atoms with E-state index in [-0.39, 0.29) is 6.54 Å². The highest BCUT2D eigenvalue weighted by Gasteiger charge is 2.38. The number of nitrogens with one attached hydrogen (secondary N) is 1. The van der Waals surface area contributed by atoms with Crippen molar-refractivity contribution >= 4 is 0 Å². The van der Waals surface area contributed by atoms with Crippen LogP contribution in [0.1, 0.15) is 6.42 Å². The van der Waals surface area contributed by atoms with E-state index in [9.17, 15) is 13.2 Å². The van der Waals surface area contributed by atoms with Gasteiger partial charge in [-0.15, -0.1) is 0 Å². The van der Waals surface area contributed by atoms with Gasteiger partial charge in [0.25, 0.3) is 0 Å². The van der Waals surface area contributed by atoms with Crippen LogP contribution in [-0.2, 0) is 0 Å². The van der Waals surface area contributed by atoms with Crippen molar-refractivity contribution in [1.82, 2.24) is 10.2 Å². The summed E-state index contributed by atoms with van der Waals surface area (Å²) in [6.45, 7) is 0.660. The molecule has 0 bridgehead atoms. The van der Waals surface area contributed by atoms with E-state index in [2.05, 4.69) is 5.32 Å². The first-order chi connectivity index (χ1) is 6.37. The third kappa shape index (κ3) is 3.11. The lowest BCUT2D eigenvalue weighted by atomic mass is 9.99. The summed E-state index contributed by atoms with van der Waals surface area (Å²) in [5.41, 5.74) is 4.95. The summed E-state index contributed by atoms with van der Waals surface area (Å²) in [6, 6.07) is 0. The molecule has 3 N–H and O–H groups in total. The van der Waals surface area contributed by atoms with Gasteiger partial charge in [-0.3, -0.25) is 0 Å². The number of alkyl halides is 3. The van der Waals surface area contributed by atoms with E-state index in [0.29, 0.717) is 13.0 Å². The molecule has 0 radical (unpaired) electrons. The Morgan fingerprint density at radius 3 is 2.50 bits per heavy atom. The van der Waals surface area contributed by atoms with Crippen molar-refractivity contribution in [2.24, 2.45) is 5.73 Å². The fourth-order valence-electron chi connectivity index (χ4n) is 1.75. The Labute approximate surface area is 81.4 Å². The SMILES string of the molecule is CN1CCC(CN)(NCC(F)(F)F)C1. The zero-order valence-corrected chi connectivity index (χ0v) is 8.19. The molecule has 6 heteroatoms. The van der Waals surface area contributed by atoms with Gasteiger partial charge in [-0.2, -0.15) is 13.2 Å². The smallest absolute Gasteiger partial charge is 0.329 e. The van der Waals surface area contributed by atoms with Gasteiger partial charge in [-0.1, -0.05) is 0 Å². The standard InChI is InChI=1S/C8H16F3N3/c1-14-3-2-7(4-12,6-14)13-5-8(9,10)11/h13H,2-6,12H2,1H3. The van der Waals surface area contributed by atoms with E-state index in [1.54, 1.807) is 0 Å². The van der Waals surface area contributed by atoms with Gasteiger partial charge in [-0.25, -0.2) is 0 Å². The zero-order chi connectivity index (χ0) is 10.8. The van der Waals surface area contributed by atoms with Gasteiger partial charge in [0, 0.05) is 18.6 Å². The third-order valence-electron chi connectivity index (χ3n) is 2.60. The number of hydrogen-bond acceptors (Lipinski definition) is 3. The van der Waals surface area contributed by atoms with Crippen molar-refractivity contribution in [2.45, 2.75) is 18.1 Å². The van der Waals surface area contributed by atoms with Gasteiger partial charge in [0.15, 0.2) is 0 Å². The molecule has 1 saturated heterocycles. The van der Waals surface area contributed by atoms with E-state index in [1.807, 2.05) is 11.9 Å². The molecule has 1 aliphatic rings. The molecule has 0 saturated carbocycles. The molecule has 1 aliphatic heterocycles. The molecule has 1 heterocycles. The molecule has 84 valence electrons. The maximum Gasteiger partial charge on any atom is 0.401 e. The minimum Gasteiger partial charge on any atom is -0.329 e. The Bertz CT molecular complexity index is 195. The monoisotopic (exact) mass is 211 g/mol. The number of likely N-dealkylation sites (tertiary alicyclic amines) is 1. The second-order valence-electron chi connectivity index (χ2n) is 3.94. The van der Waals surface area contributed by atoms with Crippen LogP contribution in [-0.4, -0.2) is 49.8 Å². The quantitative estimate of drug-likeness (QED) is 0.699. The average Bonchev–Trinajstić information content (AvgIpc) is 2.44. The molecule has 0 amide bonds. The largest absolute Gasteiger partial charge is 0.401 e. The highest BCUT2D eigenvalue weighted by atomic mass is 19.4. The summed E-state index contributed by atoms with van der Waals surface area (Å²) in [5.74, 6) is 0. The molecular formula is C8H16F3N3. The van der Waals surface area contributed by atoms with Gasteiger partial charge in [0.2, 0.25) is 0 Å². The Hall–Kier alpha value is -0.330. The van der Waals surface area contributed by atoms with Crippen LogP contribution in [0.2, 0.25) is 0 Å². The fourth-order valence-corrected chi connectivity index (χ4v) is 1.75. The van der Waals surface area contributed by atoms with Crippen LogP contribution in [0.4, 0.5) is 13.2 Å². The summed E-state index contributed by atoms with van der Waals surface area (Å²) < 4.78 is 36.0. The molecule has 1 atom stereocenters. The molecular weight excluding hydrogens is 195 g/mol. The molecule has 1 rings (SSSR count). The Morgan fingerprint density at radius 1 is 1.50 bits per heavy atom. The maximum atomic E-state index is 12.0. The van der Waals surface area contributed by atoms with Gasteiger partial charge >= 0.3 is 6.18 Å². The highest BCUT2D eigenvalue weighted by Crippen LogP contribution is 2.21. The first-order valence-electron chi connectivity index (χ1n) is 4.57. The number of rotatable bonds is 3. The average molecular weight is 211 g/mol. The van der Waals surface area contributed by atoms with Gasteiger partial charge < -0.3 is 16.0 Å². The van der Waals surface area contributed by atoms with Crippen LogP contribution in [0.3, 0.4) is 0 Å². The van der Waals surface area contributed by atoms with Crippen molar-refractivity contribution in [3.8, 4) is 0 Å². The minimum atomic E-state index is -4.16. The molecule has 14 heavy (non-hydrogen) atoms. The van der Waals surface area contributed by atoms with Crippen LogP contribution >= 0.6 is 0 Å². The molecule has 0 aromatic rings. The maximum absolute atomic E-state index is 12.0. The predicted octanol–water partition coefficient (Wildman–Crippen LogP) is 0.171. The third-order valence-corrected chi connectivity index (χ3v) is 2.60. The lowest BCUT2D eigenvalue weighted by Crippen LogP contribution is -2.55. The molecule has 3 nitrogen and oxygen atoms in total. The zero-order valence-electron chi connectivity index (χ0n) is 8.19. The number of nitrogens with two attached hydrogens (primary N) is 1. The first-order valence-corrected chi connectivity index (χ1v) is 4.57. The Kier molecular flexibility index (Phi) is 3.39. The van der Waals surface area contributed by atoms with Crippen LogP contribution in [0.5, 0.6) is 0 Å². The number of halogens is 3. The fraction of sp³-hybridized carbons (Fsp3) is 1.00. The predicted molar refractivity (Wildman–Crippen MR) is 48.0 cm³/mol. The first kappa shape index (κ1) is 11.7. The minimum absolute atomic E-state index is 0.243. The molecule has 1 unspecified atom stereocenters. The topological polar surface area (TPSA) is 41.3 Å². The summed E-state index contributed by atoms with van der Waals surface area (Å²) in [5, 5.41) is 2.52. The van der Waals surface area contributed by atoms with E-state index < -0.39 is 18.3 Å².